The lowest BCUT2D eigenvalue weighted by Gasteiger charge is -2.00. The molecule has 2 aromatic heterocycles. The Hall–Kier alpha value is -2.81. The second-order valence-corrected chi connectivity index (χ2v) is 3.54. The Kier molecular flexibility index (Phi) is 6.34. The molecule has 0 spiro atoms. The van der Waals surface area contributed by atoms with E-state index in [0.29, 0.717) is 17.3 Å². The lowest BCUT2D eigenvalue weighted by atomic mass is 10.3. The molecule has 0 unspecified atom stereocenters. The molecule has 0 fully saturated rings. The van der Waals surface area contributed by atoms with Crippen molar-refractivity contribution in [2.75, 3.05) is 26.6 Å². The van der Waals surface area contributed by atoms with Gasteiger partial charge in [-0.3, -0.25) is 0 Å². The normalized spacial score (nSPS) is 8.70. The van der Waals surface area contributed by atoms with Crippen molar-refractivity contribution < 1.29 is 9.47 Å². The van der Waals surface area contributed by atoms with E-state index in [1.807, 2.05) is 25.2 Å². The predicted octanol–water partition coefficient (Wildman–Crippen LogP) is 2.09. The molecular weight excluding hydrogens is 256 g/mol. The first kappa shape index (κ1) is 15.2. The number of nitrogens with one attached hydrogen (secondary N) is 1. The fraction of sp³-hybridized carbons (Fsp3) is 0.214. The van der Waals surface area contributed by atoms with Crippen LogP contribution in [0.5, 0.6) is 11.8 Å². The highest BCUT2D eigenvalue weighted by molar-refractivity contribution is 5.44. The van der Waals surface area contributed by atoms with E-state index in [1.54, 1.807) is 25.4 Å². The summed E-state index contributed by atoms with van der Waals surface area (Å²) in [6.45, 7) is 0. The number of aromatic nitrogens is 2. The monoisotopic (exact) mass is 272 g/mol. The second-order valence-electron chi connectivity index (χ2n) is 3.54. The van der Waals surface area contributed by atoms with E-state index in [1.165, 1.54) is 13.3 Å². The SMILES string of the molecule is CNc1ccnc(OC)c1.COc1cc(C#N)ccn1. The Balaban J connectivity index is 0.000000200. The van der Waals surface area contributed by atoms with Gasteiger partial charge in [0, 0.05) is 37.3 Å². The minimum Gasteiger partial charge on any atom is -0.481 e. The highest BCUT2D eigenvalue weighted by Gasteiger charge is 1.92. The van der Waals surface area contributed by atoms with Gasteiger partial charge in [-0.1, -0.05) is 0 Å². The van der Waals surface area contributed by atoms with Crippen LogP contribution in [0.4, 0.5) is 5.69 Å². The van der Waals surface area contributed by atoms with Gasteiger partial charge in [0.2, 0.25) is 11.8 Å². The van der Waals surface area contributed by atoms with Crippen molar-refractivity contribution >= 4 is 5.69 Å². The van der Waals surface area contributed by atoms with Gasteiger partial charge in [-0.2, -0.15) is 5.26 Å². The molecule has 0 radical (unpaired) electrons. The summed E-state index contributed by atoms with van der Waals surface area (Å²) >= 11 is 0. The molecule has 2 heterocycles. The Morgan fingerprint density at radius 2 is 1.65 bits per heavy atom. The Morgan fingerprint density at radius 3 is 2.20 bits per heavy atom. The number of methoxy groups -OCH3 is 2. The van der Waals surface area contributed by atoms with Crippen molar-refractivity contribution in [1.82, 2.24) is 9.97 Å². The number of anilines is 1. The number of nitrogens with zero attached hydrogens (tertiary/aromatic N) is 3. The summed E-state index contributed by atoms with van der Waals surface area (Å²) in [5.41, 5.74) is 1.57. The second kappa shape index (κ2) is 8.32. The molecule has 0 amide bonds. The van der Waals surface area contributed by atoms with Crippen LogP contribution < -0.4 is 14.8 Å². The molecule has 0 aromatic carbocycles. The first-order valence-electron chi connectivity index (χ1n) is 5.81. The van der Waals surface area contributed by atoms with Crippen LogP contribution in [0.15, 0.2) is 36.7 Å². The van der Waals surface area contributed by atoms with Gasteiger partial charge in [0.15, 0.2) is 0 Å². The smallest absolute Gasteiger partial charge is 0.214 e. The van der Waals surface area contributed by atoms with E-state index in [9.17, 15) is 0 Å². The van der Waals surface area contributed by atoms with Gasteiger partial charge in [-0.25, -0.2) is 9.97 Å². The third kappa shape index (κ3) is 4.82. The zero-order valence-electron chi connectivity index (χ0n) is 11.6. The number of ether oxygens (including phenoxy) is 2. The molecule has 0 saturated carbocycles. The van der Waals surface area contributed by atoms with Gasteiger partial charge in [0.25, 0.3) is 0 Å². The summed E-state index contributed by atoms with van der Waals surface area (Å²) in [5, 5.41) is 11.4. The van der Waals surface area contributed by atoms with Crippen LogP contribution >= 0.6 is 0 Å². The molecule has 6 nitrogen and oxygen atoms in total. The first-order chi connectivity index (χ1) is 9.73. The van der Waals surface area contributed by atoms with E-state index in [0.717, 1.165) is 5.69 Å². The molecule has 0 atom stereocenters. The largest absolute Gasteiger partial charge is 0.481 e. The number of hydrogen-bond acceptors (Lipinski definition) is 6. The predicted molar refractivity (Wildman–Crippen MR) is 75.8 cm³/mol. The fourth-order valence-electron chi connectivity index (χ4n) is 1.27. The van der Waals surface area contributed by atoms with Crippen LogP contribution in [0, 0.1) is 11.3 Å². The van der Waals surface area contributed by atoms with Crippen molar-refractivity contribution in [2.24, 2.45) is 0 Å². The third-order valence-corrected chi connectivity index (χ3v) is 2.31. The Bertz CT molecular complexity index is 562. The Morgan fingerprint density at radius 1 is 1.05 bits per heavy atom. The molecule has 0 aliphatic heterocycles. The molecule has 0 aliphatic carbocycles. The van der Waals surface area contributed by atoms with Gasteiger partial charge in [-0.15, -0.1) is 0 Å². The topological polar surface area (TPSA) is 80.1 Å². The average molecular weight is 272 g/mol. The van der Waals surface area contributed by atoms with Gasteiger partial charge >= 0.3 is 0 Å². The maximum atomic E-state index is 8.42. The molecule has 2 aromatic rings. The molecular formula is C14H16N4O2. The summed E-state index contributed by atoms with van der Waals surface area (Å²) in [4.78, 5) is 7.78. The summed E-state index contributed by atoms with van der Waals surface area (Å²) in [5.74, 6) is 1.10. The Labute approximate surface area is 118 Å². The van der Waals surface area contributed by atoms with E-state index in [-0.39, 0.29) is 0 Å². The van der Waals surface area contributed by atoms with E-state index in [2.05, 4.69) is 15.3 Å². The van der Waals surface area contributed by atoms with Crippen LogP contribution in [0.3, 0.4) is 0 Å². The van der Waals surface area contributed by atoms with Crippen LogP contribution in [-0.2, 0) is 0 Å². The van der Waals surface area contributed by atoms with Gasteiger partial charge < -0.3 is 14.8 Å². The number of rotatable bonds is 3. The molecule has 6 heteroatoms. The molecule has 1 N–H and O–H groups in total. The van der Waals surface area contributed by atoms with Crippen molar-refractivity contribution in [3.8, 4) is 17.8 Å². The van der Waals surface area contributed by atoms with Crippen molar-refractivity contribution in [3.63, 3.8) is 0 Å². The van der Waals surface area contributed by atoms with E-state index in [4.69, 9.17) is 14.7 Å². The zero-order chi connectivity index (χ0) is 14.8. The molecule has 20 heavy (non-hydrogen) atoms. The fourth-order valence-corrected chi connectivity index (χ4v) is 1.27. The lowest BCUT2D eigenvalue weighted by Crippen LogP contribution is -1.91. The quantitative estimate of drug-likeness (QED) is 0.921. The van der Waals surface area contributed by atoms with Crippen molar-refractivity contribution in [2.45, 2.75) is 0 Å². The lowest BCUT2D eigenvalue weighted by molar-refractivity contribution is 0.397. The van der Waals surface area contributed by atoms with E-state index < -0.39 is 0 Å². The highest BCUT2D eigenvalue weighted by Crippen LogP contribution is 2.11. The maximum Gasteiger partial charge on any atom is 0.214 e. The van der Waals surface area contributed by atoms with Gasteiger partial charge in [-0.05, 0) is 12.1 Å². The summed E-state index contributed by atoms with van der Waals surface area (Å²) in [6.07, 6.45) is 3.24. The number of nitriles is 1. The molecule has 0 bridgehead atoms. The standard InChI is InChI=1S/C7H10N2O.C7H6N2O/c1-8-6-3-4-9-7(5-6)10-2;1-10-7-4-6(5-8)2-3-9-7/h3-5H,1-2H3,(H,8,9);2-4H,1H3. The van der Waals surface area contributed by atoms with Gasteiger partial charge in [0.05, 0.1) is 25.9 Å². The van der Waals surface area contributed by atoms with Crippen LogP contribution in [0.1, 0.15) is 5.56 Å². The molecule has 2 rings (SSSR count). The van der Waals surface area contributed by atoms with Crippen molar-refractivity contribution in [1.29, 1.82) is 5.26 Å². The van der Waals surface area contributed by atoms with E-state index >= 15 is 0 Å². The third-order valence-electron chi connectivity index (χ3n) is 2.31. The maximum absolute atomic E-state index is 8.42. The van der Waals surface area contributed by atoms with Crippen LogP contribution in [0.2, 0.25) is 0 Å². The molecule has 0 saturated heterocycles. The minimum atomic E-state index is 0.471. The summed E-state index contributed by atoms with van der Waals surface area (Å²) < 4.78 is 9.70. The number of pyridine rings is 2. The highest BCUT2D eigenvalue weighted by atomic mass is 16.5. The van der Waals surface area contributed by atoms with Crippen LogP contribution in [-0.4, -0.2) is 31.2 Å². The average Bonchev–Trinajstić information content (AvgIpc) is 2.55. The number of hydrogen-bond donors (Lipinski definition) is 1. The first-order valence-corrected chi connectivity index (χ1v) is 5.81. The summed E-state index contributed by atoms with van der Waals surface area (Å²) in [6, 6.07) is 8.90. The molecule has 0 aliphatic rings. The van der Waals surface area contributed by atoms with Crippen molar-refractivity contribution in [3.05, 3.63) is 42.2 Å². The zero-order valence-corrected chi connectivity index (χ0v) is 11.6. The summed E-state index contributed by atoms with van der Waals surface area (Å²) in [7, 11) is 4.97. The van der Waals surface area contributed by atoms with Crippen LogP contribution in [0.25, 0.3) is 0 Å². The molecule has 104 valence electrons. The minimum absolute atomic E-state index is 0.471. The van der Waals surface area contributed by atoms with Gasteiger partial charge in [0.1, 0.15) is 0 Å².